The lowest BCUT2D eigenvalue weighted by atomic mass is 10.1. The maximum Gasteiger partial charge on any atom is 0.302 e. The van der Waals surface area contributed by atoms with Crippen molar-refractivity contribution in [1.82, 2.24) is 4.90 Å². The molecule has 0 radical (unpaired) electrons. The number of carbonyl (C=O) groups is 2. The molecular weight excluding hydrogens is 276 g/mol. The van der Waals surface area contributed by atoms with E-state index in [0.717, 1.165) is 0 Å². The molecule has 21 heavy (non-hydrogen) atoms. The van der Waals surface area contributed by atoms with E-state index in [-0.39, 0.29) is 23.9 Å². The molecule has 0 saturated carbocycles. The molecule has 1 heterocycles. The molecule has 0 fully saturated rings. The van der Waals surface area contributed by atoms with Crippen LogP contribution in [0.1, 0.15) is 23.7 Å². The SMILES string of the molecule is CC(=O)OCC1CC=CN1C(=O)c1ccccc1[N+](=O)[O-]. The zero-order valence-corrected chi connectivity index (χ0v) is 11.4. The summed E-state index contributed by atoms with van der Waals surface area (Å²) in [6.07, 6.45) is 3.87. The zero-order chi connectivity index (χ0) is 15.4. The van der Waals surface area contributed by atoms with E-state index in [0.29, 0.717) is 6.42 Å². The van der Waals surface area contributed by atoms with Gasteiger partial charge < -0.3 is 9.64 Å². The number of carbonyl (C=O) groups excluding carboxylic acids is 2. The Labute approximate surface area is 121 Å². The first kappa shape index (κ1) is 14.7. The first-order valence-corrected chi connectivity index (χ1v) is 6.37. The molecule has 1 unspecified atom stereocenters. The Hall–Kier alpha value is -2.70. The minimum atomic E-state index is -0.589. The first-order chi connectivity index (χ1) is 10.0. The lowest BCUT2D eigenvalue weighted by Gasteiger charge is -2.23. The van der Waals surface area contributed by atoms with Gasteiger partial charge >= 0.3 is 5.97 Å². The second kappa shape index (κ2) is 6.17. The van der Waals surface area contributed by atoms with Gasteiger partial charge in [-0.1, -0.05) is 18.2 Å². The van der Waals surface area contributed by atoms with E-state index in [1.807, 2.05) is 0 Å². The van der Waals surface area contributed by atoms with Gasteiger partial charge in [-0.3, -0.25) is 19.7 Å². The summed E-state index contributed by atoms with van der Waals surface area (Å²) in [5, 5.41) is 11.0. The van der Waals surface area contributed by atoms with Gasteiger partial charge in [0.2, 0.25) is 0 Å². The summed E-state index contributed by atoms with van der Waals surface area (Å²) in [6.45, 7) is 1.35. The van der Waals surface area contributed by atoms with Gasteiger partial charge in [-0.15, -0.1) is 0 Å². The lowest BCUT2D eigenvalue weighted by molar-refractivity contribution is -0.385. The highest BCUT2D eigenvalue weighted by atomic mass is 16.6. The number of hydrogen-bond acceptors (Lipinski definition) is 5. The molecular formula is C14H14N2O5. The van der Waals surface area contributed by atoms with Crippen molar-refractivity contribution in [3.05, 3.63) is 52.2 Å². The molecule has 1 atom stereocenters. The third-order valence-electron chi connectivity index (χ3n) is 3.11. The van der Waals surface area contributed by atoms with Crippen LogP contribution >= 0.6 is 0 Å². The predicted octanol–water partition coefficient (Wildman–Crippen LogP) is 1.89. The van der Waals surface area contributed by atoms with E-state index < -0.39 is 16.8 Å². The number of hydrogen-bond donors (Lipinski definition) is 0. The third kappa shape index (κ3) is 3.25. The second-order valence-electron chi connectivity index (χ2n) is 4.56. The number of rotatable bonds is 4. The maximum atomic E-state index is 12.5. The summed E-state index contributed by atoms with van der Waals surface area (Å²) in [4.78, 5) is 35.1. The Balaban J connectivity index is 2.21. The van der Waals surface area contributed by atoms with Crippen molar-refractivity contribution in [3.8, 4) is 0 Å². The molecule has 1 aromatic carbocycles. The number of benzene rings is 1. The summed E-state index contributed by atoms with van der Waals surface area (Å²) >= 11 is 0. The van der Waals surface area contributed by atoms with Gasteiger partial charge in [0.25, 0.3) is 11.6 Å². The largest absolute Gasteiger partial charge is 0.464 e. The maximum absolute atomic E-state index is 12.5. The standard InChI is InChI=1S/C14H14N2O5/c1-10(17)21-9-11-5-4-8-15(11)14(18)12-6-2-3-7-13(12)16(19)20/h2-4,6-8,11H,5,9H2,1H3. The second-order valence-corrected chi connectivity index (χ2v) is 4.56. The number of para-hydroxylation sites is 1. The smallest absolute Gasteiger partial charge is 0.302 e. The number of amides is 1. The Morgan fingerprint density at radius 1 is 1.43 bits per heavy atom. The van der Waals surface area contributed by atoms with Crippen LogP contribution in [0.2, 0.25) is 0 Å². The molecule has 1 aliphatic heterocycles. The molecule has 1 aromatic rings. The molecule has 0 saturated heterocycles. The fraction of sp³-hybridized carbons (Fsp3) is 0.286. The lowest BCUT2D eigenvalue weighted by Crippen LogP contribution is -2.36. The van der Waals surface area contributed by atoms with E-state index in [1.165, 1.54) is 30.0 Å². The number of ether oxygens (including phenoxy) is 1. The fourth-order valence-corrected chi connectivity index (χ4v) is 2.11. The number of nitro benzene ring substituents is 1. The van der Waals surface area contributed by atoms with Gasteiger partial charge in [-0.25, -0.2) is 0 Å². The molecule has 110 valence electrons. The van der Waals surface area contributed by atoms with Crippen LogP contribution in [0, 0.1) is 10.1 Å². The summed E-state index contributed by atoms with van der Waals surface area (Å²) in [5.74, 6) is -0.909. The number of esters is 1. The van der Waals surface area contributed by atoms with Gasteiger partial charge in [0.15, 0.2) is 0 Å². The van der Waals surface area contributed by atoms with Crippen molar-refractivity contribution >= 4 is 17.6 Å². The summed E-state index contributed by atoms with van der Waals surface area (Å²) < 4.78 is 4.91. The average Bonchev–Trinajstić information content (AvgIpc) is 2.92. The van der Waals surface area contributed by atoms with Crippen LogP contribution in [0.15, 0.2) is 36.5 Å². The topological polar surface area (TPSA) is 89.8 Å². The number of nitrogens with zero attached hydrogens (tertiary/aromatic N) is 2. The molecule has 0 N–H and O–H groups in total. The van der Waals surface area contributed by atoms with Gasteiger partial charge in [0, 0.05) is 19.2 Å². The fourth-order valence-electron chi connectivity index (χ4n) is 2.11. The van der Waals surface area contributed by atoms with Crippen LogP contribution in [0.5, 0.6) is 0 Å². The van der Waals surface area contributed by atoms with Crippen LogP contribution in [-0.2, 0) is 9.53 Å². The Morgan fingerprint density at radius 2 is 2.14 bits per heavy atom. The number of nitro groups is 1. The van der Waals surface area contributed by atoms with E-state index in [9.17, 15) is 19.7 Å². The van der Waals surface area contributed by atoms with Gasteiger partial charge in [-0.2, -0.15) is 0 Å². The molecule has 7 heteroatoms. The summed E-state index contributed by atoms with van der Waals surface area (Å²) in [6, 6.07) is 5.44. The van der Waals surface area contributed by atoms with Crippen LogP contribution in [-0.4, -0.2) is 34.3 Å². The summed E-state index contributed by atoms with van der Waals surface area (Å²) in [7, 11) is 0. The van der Waals surface area contributed by atoms with Crippen LogP contribution in [0.25, 0.3) is 0 Å². The Morgan fingerprint density at radius 3 is 2.81 bits per heavy atom. The molecule has 2 rings (SSSR count). The third-order valence-corrected chi connectivity index (χ3v) is 3.11. The monoisotopic (exact) mass is 290 g/mol. The van der Waals surface area contributed by atoms with E-state index in [4.69, 9.17) is 4.74 Å². The Kier molecular flexibility index (Phi) is 4.32. The van der Waals surface area contributed by atoms with Gasteiger partial charge in [0.05, 0.1) is 11.0 Å². The normalized spacial score (nSPS) is 16.8. The molecule has 0 aromatic heterocycles. The van der Waals surface area contributed by atoms with E-state index in [2.05, 4.69) is 0 Å². The highest BCUT2D eigenvalue weighted by Crippen LogP contribution is 2.24. The molecule has 0 aliphatic carbocycles. The zero-order valence-electron chi connectivity index (χ0n) is 11.4. The molecule has 0 bridgehead atoms. The molecule has 0 spiro atoms. The summed E-state index contributed by atoms with van der Waals surface area (Å²) in [5.41, 5.74) is -0.226. The van der Waals surface area contributed by atoms with E-state index in [1.54, 1.807) is 18.3 Å². The highest BCUT2D eigenvalue weighted by molar-refractivity contribution is 5.99. The first-order valence-electron chi connectivity index (χ1n) is 6.37. The minimum Gasteiger partial charge on any atom is -0.464 e. The van der Waals surface area contributed by atoms with Crippen molar-refractivity contribution in [3.63, 3.8) is 0 Å². The molecule has 7 nitrogen and oxygen atoms in total. The molecule has 1 amide bonds. The van der Waals surface area contributed by atoms with E-state index >= 15 is 0 Å². The van der Waals surface area contributed by atoms with Gasteiger partial charge in [0.1, 0.15) is 12.2 Å². The predicted molar refractivity (Wildman–Crippen MR) is 73.4 cm³/mol. The van der Waals surface area contributed by atoms with Crippen molar-refractivity contribution in [2.45, 2.75) is 19.4 Å². The molecule has 1 aliphatic rings. The highest BCUT2D eigenvalue weighted by Gasteiger charge is 2.30. The van der Waals surface area contributed by atoms with Crippen LogP contribution < -0.4 is 0 Å². The van der Waals surface area contributed by atoms with Crippen molar-refractivity contribution in [2.75, 3.05) is 6.61 Å². The van der Waals surface area contributed by atoms with Crippen molar-refractivity contribution in [2.24, 2.45) is 0 Å². The van der Waals surface area contributed by atoms with Gasteiger partial charge in [-0.05, 0) is 12.5 Å². The quantitative estimate of drug-likeness (QED) is 0.480. The van der Waals surface area contributed by atoms with Crippen LogP contribution in [0.4, 0.5) is 5.69 Å². The Bertz CT molecular complexity index is 611. The van der Waals surface area contributed by atoms with Crippen molar-refractivity contribution in [1.29, 1.82) is 0 Å². The average molecular weight is 290 g/mol. The van der Waals surface area contributed by atoms with Crippen molar-refractivity contribution < 1.29 is 19.2 Å². The minimum absolute atomic E-state index is 0.0156. The van der Waals surface area contributed by atoms with Crippen LogP contribution in [0.3, 0.4) is 0 Å².